The molecule has 0 bridgehead atoms. The van der Waals surface area contributed by atoms with Crippen molar-refractivity contribution in [2.24, 2.45) is 0 Å². The van der Waals surface area contributed by atoms with Crippen molar-refractivity contribution in [1.82, 2.24) is 14.5 Å². The van der Waals surface area contributed by atoms with E-state index >= 15 is 0 Å². The number of esters is 1. The summed E-state index contributed by atoms with van der Waals surface area (Å²) in [5, 5.41) is 8.06. The first-order valence-electron chi connectivity index (χ1n) is 8.54. The molecule has 0 aliphatic carbocycles. The number of carbonyl (C=O) groups excluding carboxylic acids is 1. The maximum absolute atomic E-state index is 12.5. The average molecular weight is 414 g/mol. The van der Waals surface area contributed by atoms with Crippen LogP contribution in [-0.4, -0.2) is 53.8 Å². The van der Waals surface area contributed by atoms with Gasteiger partial charge in [0.05, 0.1) is 11.0 Å². The summed E-state index contributed by atoms with van der Waals surface area (Å²) >= 11 is 1.09. The normalized spacial score (nSPS) is 11.9. The van der Waals surface area contributed by atoms with Gasteiger partial charge in [-0.05, 0) is 38.1 Å². The molecule has 0 amide bonds. The lowest BCUT2D eigenvalue weighted by atomic mass is 10.2. The molecule has 2 rings (SSSR count). The molecule has 0 fully saturated rings. The van der Waals surface area contributed by atoms with Crippen LogP contribution in [0.5, 0.6) is 0 Å². The van der Waals surface area contributed by atoms with Crippen molar-refractivity contribution in [3.05, 3.63) is 24.3 Å². The monoisotopic (exact) mass is 413 g/mol. The number of thioether (sulfide) groups is 1. The summed E-state index contributed by atoms with van der Waals surface area (Å²) < 4.78 is 36.9. The summed E-state index contributed by atoms with van der Waals surface area (Å²) in [7, 11) is -3.51. The number of benzene rings is 1. The summed E-state index contributed by atoms with van der Waals surface area (Å²) in [6, 6.07) is 6.26. The van der Waals surface area contributed by atoms with E-state index in [4.69, 9.17) is 9.15 Å². The van der Waals surface area contributed by atoms with Crippen LogP contribution in [0.4, 0.5) is 0 Å². The Balaban J connectivity index is 2.08. The van der Waals surface area contributed by atoms with E-state index in [-0.39, 0.29) is 33.8 Å². The fourth-order valence-corrected chi connectivity index (χ4v) is 4.29. The van der Waals surface area contributed by atoms with Crippen molar-refractivity contribution >= 4 is 27.8 Å². The minimum atomic E-state index is -3.51. The standard InChI is InChI=1S/C17H23N3O5S2/c1-5-20(6-2)27(22,23)14-9-7-13(8-10-14)16-18-19-17(25-16)26-11-15(21)24-12(3)4/h7-10,12H,5-6,11H2,1-4H3. The second-order valence-electron chi connectivity index (χ2n) is 5.81. The number of rotatable bonds is 9. The lowest BCUT2D eigenvalue weighted by Gasteiger charge is -2.18. The van der Waals surface area contributed by atoms with Gasteiger partial charge in [0.15, 0.2) is 0 Å². The second kappa shape index (κ2) is 9.34. The lowest BCUT2D eigenvalue weighted by molar-refractivity contribution is -0.144. The van der Waals surface area contributed by atoms with Crippen molar-refractivity contribution in [3.8, 4) is 11.5 Å². The fraction of sp³-hybridized carbons (Fsp3) is 0.471. The molecule has 8 nitrogen and oxygen atoms in total. The van der Waals surface area contributed by atoms with E-state index in [1.165, 1.54) is 16.4 Å². The molecule has 0 aliphatic rings. The van der Waals surface area contributed by atoms with Crippen LogP contribution < -0.4 is 0 Å². The number of nitrogens with zero attached hydrogens (tertiary/aromatic N) is 3. The van der Waals surface area contributed by atoms with Crippen molar-refractivity contribution < 1.29 is 22.4 Å². The van der Waals surface area contributed by atoms with Gasteiger partial charge in [-0.1, -0.05) is 25.6 Å². The van der Waals surface area contributed by atoms with Gasteiger partial charge in [-0.15, -0.1) is 10.2 Å². The maximum atomic E-state index is 12.5. The Morgan fingerprint density at radius 2 is 1.81 bits per heavy atom. The first-order chi connectivity index (χ1) is 12.8. The highest BCUT2D eigenvalue weighted by molar-refractivity contribution is 7.99. The molecule has 0 saturated carbocycles. The van der Waals surface area contributed by atoms with Crippen molar-refractivity contribution in [1.29, 1.82) is 0 Å². The summed E-state index contributed by atoms with van der Waals surface area (Å²) in [4.78, 5) is 11.8. The van der Waals surface area contributed by atoms with E-state index in [0.29, 0.717) is 18.7 Å². The van der Waals surface area contributed by atoms with Gasteiger partial charge in [0, 0.05) is 18.7 Å². The number of ether oxygens (including phenoxy) is 1. The summed E-state index contributed by atoms with van der Waals surface area (Å²) in [5.74, 6) is -0.0387. The van der Waals surface area contributed by atoms with Gasteiger partial charge in [-0.2, -0.15) is 4.31 Å². The van der Waals surface area contributed by atoms with Gasteiger partial charge in [0.25, 0.3) is 5.22 Å². The van der Waals surface area contributed by atoms with Gasteiger partial charge in [-0.25, -0.2) is 8.42 Å². The predicted molar refractivity (Wildman–Crippen MR) is 102 cm³/mol. The third-order valence-corrected chi connectivity index (χ3v) is 6.39. The minimum Gasteiger partial charge on any atom is -0.462 e. The molecule has 148 valence electrons. The highest BCUT2D eigenvalue weighted by atomic mass is 32.2. The third-order valence-electron chi connectivity index (χ3n) is 3.53. The predicted octanol–water partition coefficient (Wildman–Crippen LogP) is 2.81. The van der Waals surface area contributed by atoms with Crippen LogP contribution in [0.3, 0.4) is 0 Å². The van der Waals surface area contributed by atoms with Gasteiger partial charge < -0.3 is 9.15 Å². The summed E-state index contributed by atoms with van der Waals surface area (Å²) in [6.45, 7) is 7.96. The fourth-order valence-electron chi connectivity index (χ4n) is 2.28. The molecule has 1 aromatic heterocycles. The van der Waals surface area contributed by atoms with E-state index in [0.717, 1.165) is 11.8 Å². The largest absolute Gasteiger partial charge is 0.462 e. The molecule has 0 atom stereocenters. The van der Waals surface area contributed by atoms with Crippen LogP contribution in [0.1, 0.15) is 27.7 Å². The van der Waals surface area contributed by atoms with Crippen LogP contribution in [0, 0.1) is 0 Å². The Hall–Kier alpha value is -1.91. The van der Waals surface area contributed by atoms with Crippen LogP contribution in [0.2, 0.25) is 0 Å². The van der Waals surface area contributed by atoms with Crippen molar-refractivity contribution in [2.75, 3.05) is 18.8 Å². The quantitative estimate of drug-likeness (QED) is 0.457. The van der Waals surface area contributed by atoms with Gasteiger partial charge in [0.2, 0.25) is 15.9 Å². The van der Waals surface area contributed by atoms with Crippen LogP contribution >= 0.6 is 11.8 Å². The number of hydrogen-bond acceptors (Lipinski definition) is 8. The topological polar surface area (TPSA) is 103 Å². The Labute approximate surface area is 163 Å². The molecule has 10 heteroatoms. The Kier molecular flexibility index (Phi) is 7.40. The molecule has 2 aromatic rings. The Bertz CT molecular complexity index is 859. The molecule has 0 unspecified atom stereocenters. The van der Waals surface area contributed by atoms with E-state index < -0.39 is 10.0 Å². The van der Waals surface area contributed by atoms with Crippen molar-refractivity contribution in [2.45, 2.75) is 43.9 Å². The molecule has 27 heavy (non-hydrogen) atoms. The highest BCUT2D eigenvalue weighted by Crippen LogP contribution is 2.25. The molecule has 0 aliphatic heterocycles. The summed E-state index contributed by atoms with van der Waals surface area (Å²) in [6.07, 6.45) is -0.178. The molecule has 0 saturated heterocycles. The summed E-state index contributed by atoms with van der Waals surface area (Å²) in [5.41, 5.74) is 0.595. The third kappa shape index (κ3) is 5.53. The zero-order chi connectivity index (χ0) is 20.0. The van der Waals surface area contributed by atoms with Crippen LogP contribution in [-0.2, 0) is 19.6 Å². The smallest absolute Gasteiger partial charge is 0.316 e. The second-order valence-corrected chi connectivity index (χ2v) is 8.68. The van der Waals surface area contributed by atoms with E-state index in [1.54, 1.807) is 39.8 Å². The maximum Gasteiger partial charge on any atom is 0.316 e. The molecule has 0 spiro atoms. The number of hydrogen-bond donors (Lipinski definition) is 0. The lowest BCUT2D eigenvalue weighted by Crippen LogP contribution is -2.30. The molecule has 0 N–H and O–H groups in total. The van der Waals surface area contributed by atoms with E-state index in [1.807, 2.05) is 0 Å². The number of aromatic nitrogens is 2. The zero-order valence-electron chi connectivity index (χ0n) is 15.7. The van der Waals surface area contributed by atoms with E-state index in [2.05, 4.69) is 10.2 Å². The number of carbonyl (C=O) groups is 1. The Morgan fingerprint density at radius 3 is 2.37 bits per heavy atom. The highest BCUT2D eigenvalue weighted by Gasteiger charge is 2.21. The zero-order valence-corrected chi connectivity index (χ0v) is 17.3. The number of sulfonamides is 1. The first-order valence-corrected chi connectivity index (χ1v) is 11.0. The molecular formula is C17H23N3O5S2. The van der Waals surface area contributed by atoms with Crippen molar-refractivity contribution in [3.63, 3.8) is 0 Å². The van der Waals surface area contributed by atoms with Crippen LogP contribution in [0.15, 0.2) is 38.8 Å². The molecule has 1 heterocycles. The average Bonchev–Trinajstić information content (AvgIpc) is 3.09. The first kappa shape index (κ1) is 21.4. The van der Waals surface area contributed by atoms with Gasteiger partial charge in [0.1, 0.15) is 5.75 Å². The Morgan fingerprint density at radius 1 is 1.19 bits per heavy atom. The van der Waals surface area contributed by atoms with Crippen LogP contribution in [0.25, 0.3) is 11.5 Å². The van der Waals surface area contributed by atoms with Gasteiger partial charge >= 0.3 is 5.97 Å². The SMILES string of the molecule is CCN(CC)S(=O)(=O)c1ccc(-c2nnc(SCC(=O)OC(C)C)o2)cc1. The van der Waals surface area contributed by atoms with E-state index in [9.17, 15) is 13.2 Å². The molecule has 1 aromatic carbocycles. The van der Waals surface area contributed by atoms with Gasteiger partial charge in [-0.3, -0.25) is 4.79 Å². The molecule has 0 radical (unpaired) electrons. The minimum absolute atomic E-state index is 0.0703. The molecular weight excluding hydrogens is 390 g/mol.